The van der Waals surface area contributed by atoms with Gasteiger partial charge in [-0.25, -0.2) is 0 Å². The van der Waals surface area contributed by atoms with Gasteiger partial charge in [-0.05, 0) is 36.4 Å². The predicted octanol–water partition coefficient (Wildman–Crippen LogP) is 7.03. The maximum absolute atomic E-state index is 11.1. The van der Waals surface area contributed by atoms with Crippen LogP contribution in [0.1, 0.15) is 0 Å². The van der Waals surface area contributed by atoms with E-state index in [2.05, 4.69) is 54.6 Å². The Bertz CT molecular complexity index is 904. The van der Waals surface area contributed by atoms with Crippen molar-refractivity contribution in [2.24, 2.45) is 0 Å². The molecule has 0 radical (unpaired) electrons. The summed E-state index contributed by atoms with van der Waals surface area (Å²) >= 11 is -11.1. The van der Waals surface area contributed by atoms with Crippen molar-refractivity contribution in [3.63, 3.8) is 0 Å². The van der Waals surface area contributed by atoms with Gasteiger partial charge in [0.25, 0.3) is 0 Å². The third-order valence-corrected chi connectivity index (χ3v) is 5.63. The molecule has 0 fully saturated rings. The van der Waals surface area contributed by atoms with Crippen molar-refractivity contribution in [1.82, 2.24) is 0 Å². The molecule has 1 aliphatic heterocycles. The summed E-state index contributed by atoms with van der Waals surface area (Å²) in [4.78, 5) is 3.85. The first-order chi connectivity index (χ1) is 12.4. The summed E-state index contributed by atoms with van der Waals surface area (Å²) in [5.41, 5.74) is 0. The Kier molecular flexibility index (Phi) is 4.56. The average Bonchev–Trinajstić information content (AvgIpc) is 2.57. The maximum Gasteiger partial charge on any atom is 0.209 e. The fourth-order valence-corrected chi connectivity index (χ4v) is 4.68. The Labute approximate surface area is 155 Å². The Morgan fingerprint density at radius 2 is 0.926 bits per heavy atom. The molecule has 0 spiro atoms. The van der Waals surface area contributed by atoms with E-state index in [-0.39, 0.29) is 10.9 Å². The Hall–Kier alpha value is -2.05. The minimum absolute atomic E-state index is 0.0829. The summed E-state index contributed by atoms with van der Waals surface area (Å²) in [6, 6.07) is 27.3. The van der Waals surface area contributed by atoms with Gasteiger partial charge in [0.1, 0.15) is 10.9 Å². The first-order valence-corrected chi connectivity index (χ1v) is 13.1. The summed E-state index contributed by atoms with van der Waals surface area (Å²) in [7, 11) is -0.0829. The van der Waals surface area contributed by atoms with Crippen molar-refractivity contribution in [2.75, 3.05) is 0 Å². The van der Waals surface area contributed by atoms with Crippen molar-refractivity contribution in [3.8, 4) is 11.5 Å². The molecule has 27 heavy (non-hydrogen) atoms. The van der Waals surface area contributed by atoms with Gasteiger partial charge < -0.3 is 4.74 Å². The molecule has 9 heteroatoms. The second kappa shape index (κ2) is 6.24. The standard InChI is InChI=1S/C18H13OS.AsF6/c1-2-8-14(9-3-1)20-17-12-6-4-10-15(17)19-16-11-5-7-13-18(16)20;2-1(3,4,5,6)7/h1-13H;/q+1;-1. The van der Waals surface area contributed by atoms with Crippen LogP contribution < -0.4 is 4.74 Å². The summed E-state index contributed by atoms with van der Waals surface area (Å²) in [5.74, 6) is 1.94. The molecule has 1 nitrogen and oxygen atoms in total. The van der Waals surface area contributed by atoms with Crippen molar-refractivity contribution in [1.29, 1.82) is 0 Å². The van der Waals surface area contributed by atoms with Crippen LogP contribution in [0.3, 0.4) is 0 Å². The Morgan fingerprint density at radius 1 is 0.556 bits per heavy atom. The fraction of sp³-hybridized carbons (Fsp3) is 0. The van der Waals surface area contributed by atoms with Crippen molar-refractivity contribution < 1.29 is 25.5 Å². The van der Waals surface area contributed by atoms with E-state index < -0.39 is 14.2 Å². The summed E-state index contributed by atoms with van der Waals surface area (Å²) in [5, 5.41) is 0. The Balaban J connectivity index is 0.000000260. The normalized spacial score (nSPS) is 15.8. The van der Waals surface area contributed by atoms with Crippen LogP contribution in [0, 0.1) is 0 Å². The van der Waals surface area contributed by atoms with Gasteiger partial charge in [-0.15, -0.1) is 0 Å². The average molecular weight is 466 g/mol. The molecule has 0 aromatic heterocycles. The third kappa shape index (κ3) is 5.97. The second-order valence-electron chi connectivity index (χ2n) is 5.57. The molecular formula is C18H13AsF6OS. The van der Waals surface area contributed by atoms with Gasteiger partial charge in [0.2, 0.25) is 9.79 Å². The van der Waals surface area contributed by atoms with Gasteiger partial charge >= 0.3 is 35.0 Å². The molecule has 1 aliphatic rings. The molecule has 0 aliphatic carbocycles. The minimum Gasteiger partial charge on any atom is -0.447 e. The number of hydrogen-bond donors (Lipinski definition) is 0. The number of fused-ring (bicyclic) bond motifs is 2. The molecule has 144 valence electrons. The van der Waals surface area contributed by atoms with Gasteiger partial charge in [0.05, 0.1) is 0 Å². The quantitative estimate of drug-likeness (QED) is 0.166. The molecule has 1 heterocycles. The number of para-hydroxylation sites is 2. The van der Waals surface area contributed by atoms with Crippen LogP contribution in [0.4, 0.5) is 20.8 Å². The van der Waals surface area contributed by atoms with Crippen LogP contribution in [-0.4, -0.2) is 14.2 Å². The number of halogens is 6. The van der Waals surface area contributed by atoms with Crippen LogP contribution in [0.15, 0.2) is 93.5 Å². The first kappa shape index (κ1) is 19.7. The topological polar surface area (TPSA) is 9.23 Å². The van der Waals surface area contributed by atoms with Crippen LogP contribution in [0.25, 0.3) is 0 Å². The predicted molar refractivity (Wildman–Crippen MR) is 94.0 cm³/mol. The van der Waals surface area contributed by atoms with E-state index >= 15 is 0 Å². The van der Waals surface area contributed by atoms with Crippen LogP contribution in [-0.2, 0) is 10.9 Å². The molecule has 3 aromatic rings. The second-order valence-corrected chi connectivity index (χ2v) is 11.6. The van der Waals surface area contributed by atoms with E-state index in [4.69, 9.17) is 4.74 Å². The monoisotopic (exact) mass is 466 g/mol. The van der Waals surface area contributed by atoms with E-state index in [0.29, 0.717) is 0 Å². The Morgan fingerprint density at radius 3 is 1.37 bits per heavy atom. The van der Waals surface area contributed by atoms with Crippen molar-refractivity contribution >= 4 is 25.1 Å². The van der Waals surface area contributed by atoms with Crippen LogP contribution >= 0.6 is 0 Å². The number of benzene rings is 3. The molecule has 0 unspecified atom stereocenters. The largest absolute Gasteiger partial charge is 0.447 e. The summed E-state index contributed by atoms with van der Waals surface area (Å²) in [6.45, 7) is 0. The number of rotatable bonds is 1. The molecule has 0 amide bonds. The fourth-order valence-electron chi connectivity index (χ4n) is 2.45. The maximum atomic E-state index is 9.91. The zero-order valence-electron chi connectivity index (χ0n) is 13.5. The zero-order valence-corrected chi connectivity index (χ0v) is 16.2. The molecule has 0 N–H and O–H groups in total. The SMILES string of the molecule is F[As-](F)(F)(F)(F)F.c1ccc([S+]2c3ccccc3Oc3ccccc32)cc1. The zero-order chi connectivity index (χ0) is 19.8. The van der Waals surface area contributed by atoms with Crippen molar-refractivity contribution in [2.45, 2.75) is 14.7 Å². The minimum atomic E-state index is -11.1. The van der Waals surface area contributed by atoms with E-state index in [1.54, 1.807) is 0 Å². The summed E-state index contributed by atoms with van der Waals surface area (Å²) < 4.78 is 65.5. The van der Waals surface area contributed by atoms with Gasteiger partial charge in [0, 0.05) is 0 Å². The van der Waals surface area contributed by atoms with E-state index in [1.165, 1.54) is 14.7 Å². The molecule has 0 atom stereocenters. The molecular weight excluding hydrogens is 453 g/mol. The molecule has 0 saturated carbocycles. The molecule has 0 bridgehead atoms. The molecule has 4 rings (SSSR count). The summed E-state index contributed by atoms with van der Waals surface area (Å²) in [6.07, 6.45) is 0. The van der Waals surface area contributed by atoms with Gasteiger partial charge in [0.15, 0.2) is 16.4 Å². The van der Waals surface area contributed by atoms with E-state index in [9.17, 15) is 20.8 Å². The smallest absolute Gasteiger partial charge is 0.209 e. The molecule has 3 aromatic carbocycles. The first-order valence-electron chi connectivity index (χ1n) is 7.60. The number of ether oxygens (including phenoxy) is 1. The van der Waals surface area contributed by atoms with Crippen LogP contribution in [0.2, 0.25) is 0 Å². The number of hydrogen-bond acceptors (Lipinski definition) is 1. The van der Waals surface area contributed by atoms with Gasteiger partial charge in [-0.2, -0.15) is 0 Å². The van der Waals surface area contributed by atoms with Crippen LogP contribution in [0.5, 0.6) is 11.5 Å². The molecule has 0 saturated heterocycles. The van der Waals surface area contributed by atoms with Gasteiger partial charge in [-0.3, -0.25) is 0 Å². The third-order valence-electron chi connectivity index (χ3n) is 3.34. The van der Waals surface area contributed by atoms with Crippen molar-refractivity contribution in [3.05, 3.63) is 78.9 Å². The van der Waals surface area contributed by atoms with E-state index in [1.807, 2.05) is 24.3 Å². The van der Waals surface area contributed by atoms with Gasteiger partial charge in [-0.1, -0.05) is 42.5 Å². The van der Waals surface area contributed by atoms with E-state index in [0.717, 1.165) is 11.5 Å².